The molecule has 2 fully saturated rings. The molecule has 1 aliphatic heterocycles. The summed E-state index contributed by atoms with van der Waals surface area (Å²) in [4.78, 5) is 17.7. The van der Waals surface area contributed by atoms with Crippen LogP contribution in [0.15, 0.2) is 4.99 Å². The lowest BCUT2D eigenvalue weighted by molar-refractivity contribution is 0.0577. The molecule has 2 aliphatic rings. The number of carbonyl (C=O) groups excluding carboxylic acids is 1. The SMILES string of the molecule is CS/C(=N/C(=O)OC1CCC1)N1CCOCC1. The number of nitrogens with zero attached hydrogens (tertiary/aromatic N) is 2. The maximum absolute atomic E-state index is 11.6. The van der Waals surface area contributed by atoms with Crippen LogP contribution in [-0.4, -0.2) is 54.8 Å². The van der Waals surface area contributed by atoms with Gasteiger partial charge in [-0.2, -0.15) is 4.99 Å². The van der Waals surface area contributed by atoms with Crippen molar-refractivity contribution in [1.29, 1.82) is 0 Å². The maximum Gasteiger partial charge on any atom is 0.436 e. The van der Waals surface area contributed by atoms with E-state index in [0.717, 1.165) is 37.5 Å². The van der Waals surface area contributed by atoms with Gasteiger partial charge >= 0.3 is 6.09 Å². The zero-order valence-electron chi connectivity index (χ0n) is 10.1. The van der Waals surface area contributed by atoms with Crippen molar-refractivity contribution < 1.29 is 14.3 Å². The number of hydrogen-bond donors (Lipinski definition) is 0. The highest BCUT2D eigenvalue weighted by molar-refractivity contribution is 8.13. The first kappa shape index (κ1) is 12.7. The van der Waals surface area contributed by atoms with Gasteiger partial charge in [-0.3, -0.25) is 0 Å². The van der Waals surface area contributed by atoms with Gasteiger partial charge in [0.2, 0.25) is 0 Å². The third kappa shape index (κ3) is 3.61. The third-order valence-electron chi connectivity index (χ3n) is 2.97. The zero-order chi connectivity index (χ0) is 12.1. The van der Waals surface area contributed by atoms with E-state index in [1.165, 1.54) is 11.8 Å². The number of morpholine rings is 1. The van der Waals surface area contributed by atoms with Crippen LogP contribution in [0.5, 0.6) is 0 Å². The molecule has 96 valence electrons. The monoisotopic (exact) mass is 258 g/mol. The number of rotatable bonds is 1. The molecule has 5 nitrogen and oxygen atoms in total. The molecular formula is C11H18N2O3S. The van der Waals surface area contributed by atoms with Gasteiger partial charge in [-0.15, -0.1) is 0 Å². The van der Waals surface area contributed by atoms with E-state index in [1.54, 1.807) is 0 Å². The van der Waals surface area contributed by atoms with E-state index in [1.807, 2.05) is 6.26 Å². The quantitative estimate of drug-likeness (QED) is 0.529. The predicted molar refractivity (Wildman–Crippen MR) is 67.5 cm³/mol. The molecule has 1 saturated carbocycles. The molecule has 0 N–H and O–H groups in total. The van der Waals surface area contributed by atoms with Gasteiger partial charge in [-0.1, -0.05) is 11.8 Å². The average Bonchev–Trinajstić information content (AvgIpc) is 2.32. The molecule has 0 bridgehead atoms. The summed E-state index contributed by atoms with van der Waals surface area (Å²) in [6.45, 7) is 2.96. The Labute approximate surface area is 106 Å². The van der Waals surface area contributed by atoms with Gasteiger partial charge in [0, 0.05) is 13.1 Å². The standard InChI is InChI=1S/C11H18N2O3S/c1-17-10(13-5-7-15-8-6-13)12-11(14)16-9-3-2-4-9/h9H,2-8H2,1H3/b12-10+. The predicted octanol–water partition coefficient (Wildman–Crippen LogP) is 1.73. The fourth-order valence-corrected chi connectivity index (χ4v) is 2.34. The number of amides is 1. The molecule has 0 unspecified atom stereocenters. The van der Waals surface area contributed by atoms with Gasteiger partial charge in [-0.05, 0) is 25.5 Å². The van der Waals surface area contributed by atoms with Crippen molar-refractivity contribution >= 4 is 23.0 Å². The van der Waals surface area contributed by atoms with Crippen LogP contribution in [0.2, 0.25) is 0 Å². The zero-order valence-corrected chi connectivity index (χ0v) is 10.9. The number of ether oxygens (including phenoxy) is 2. The smallest absolute Gasteiger partial charge is 0.436 e. The molecule has 0 aromatic rings. The van der Waals surface area contributed by atoms with Crippen LogP contribution in [0, 0.1) is 0 Å². The minimum Gasteiger partial charge on any atom is -0.445 e. The van der Waals surface area contributed by atoms with Gasteiger partial charge in [0.1, 0.15) is 6.10 Å². The number of thioether (sulfide) groups is 1. The van der Waals surface area contributed by atoms with E-state index >= 15 is 0 Å². The Kier molecular flexibility index (Phi) is 4.67. The van der Waals surface area contributed by atoms with E-state index in [0.29, 0.717) is 13.2 Å². The minimum absolute atomic E-state index is 0.0963. The molecule has 1 aliphatic carbocycles. The van der Waals surface area contributed by atoms with Crippen LogP contribution in [0.25, 0.3) is 0 Å². The Morgan fingerprint density at radius 2 is 2.12 bits per heavy atom. The van der Waals surface area contributed by atoms with Crippen molar-refractivity contribution in [3.8, 4) is 0 Å². The van der Waals surface area contributed by atoms with Gasteiger partial charge in [-0.25, -0.2) is 4.79 Å². The summed E-state index contributed by atoms with van der Waals surface area (Å²) in [5, 5.41) is 0.734. The second-order valence-corrected chi connectivity index (χ2v) is 4.91. The summed E-state index contributed by atoms with van der Waals surface area (Å²) in [5.74, 6) is 0. The molecule has 0 spiro atoms. The highest BCUT2D eigenvalue weighted by Gasteiger charge is 2.22. The molecule has 17 heavy (non-hydrogen) atoms. The highest BCUT2D eigenvalue weighted by atomic mass is 32.2. The van der Waals surface area contributed by atoms with Crippen molar-refractivity contribution in [2.45, 2.75) is 25.4 Å². The summed E-state index contributed by atoms with van der Waals surface area (Å²) in [6, 6.07) is 0. The first-order valence-electron chi connectivity index (χ1n) is 5.95. The molecule has 6 heteroatoms. The molecule has 0 radical (unpaired) electrons. The topological polar surface area (TPSA) is 51.1 Å². The Balaban J connectivity index is 1.88. The lowest BCUT2D eigenvalue weighted by atomic mass is 9.96. The van der Waals surface area contributed by atoms with Crippen molar-refractivity contribution in [1.82, 2.24) is 4.90 Å². The summed E-state index contributed by atoms with van der Waals surface area (Å²) >= 11 is 1.48. The average molecular weight is 258 g/mol. The van der Waals surface area contributed by atoms with Crippen molar-refractivity contribution in [3.05, 3.63) is 0 Å². The van der Waals surface area contributed by atoms with E-state index < -0.39 is 6.09 Å². The fourth-order valence-electron chi connectivity index (χ4n) is 1.74. The molecule has 0 atom stereocenters. The van der Waals surface area contributed by atoms with Crippen LogP contribution >= 0.6 is 11.8 Å². The van der Waals surface area contributed by atoms with Crippen LogP contribution in [0.1, 0.15) is 19.3 Å². The van der Waals surface area contributed by atoms with Gasteiger partial charge < -0.3 is 14.4 Å². The minimum atomic E-state index is -0.453. The second-order valence-electron chi connectivity index (χ2n) is 4.13. The van der Waals surface area contributed by atoms with Crippen LogP contribution in [0.3, 0.4) is 0 Å². The fraction of sp³-hybridized carbons (Fsp3) is 0.818. The Morgan fingerprint density at radius 1 is 1.41 bits per heavy atom. The largest absolute Gasteiger partial charge is 0.445 e. The van der Waals surface area contributed by atoms with Crippen LogP contribution in [0.4, 0.5) is 4.79 Å². The summed E-state index contributed by atoms with van der Waals surface area (Å²) < 4.78 is 10.5. The molecule has 1 saturated heterocycles. The Bertz CT molecular complexity index is 299. The maximum atomic E-state index is 11.6. The second kappa shape index (κ2) is 6.26. The van der Waals surface area contributed by atoms with E-state index in [-0.39, 0.29) is 6.10 Å². The van der Waals surface area contributed by atoms with Gasteiger partial charge in [0.05, 0.1) is 13.2 Å². The summed E-state index contributed by atoms with van der Waals surface area (Å²) in [7, 11) is 0. The number of amidine groups is 1. The molecule has 1 amide bonds. The van der Waals surface area contributed by atoms with E-state index in [4.69, 9.17) is 9.47 Å². The lowest BCUT2D eigenvalue weighted by Gasteiger charge is -2.29. The van der Waals surface area contributed by atoms with E-state index in [2.05, 4.69) is 9.89 Å². The van der Waals surface area contributed by atoms with Crippen molar-refractivity contribution in [3.63, 3.8) is 0 Å². The summed E-state index contributed by atoms with van der Waals surface area (Å²) in [6.07, 6.45) is 4.68. The molecular weight excluding hydrogens is 240 g/mol. The molecule has 0 aromatic heterocycles. The Morgan fingerprint density at radius 3 is 2.65 bits per heavy atom. The van der Waals surface area contributed by atoms with Crippen LogP contribution in [-0.2, 0) is 9.47 Å². The van der Waals surface area contributed by atoms with Gasteiger partial charge in [0.15, 0.2) is 5.17 Å². The number of carbonyl (C=O) groups is 1. The first-order chi connectivity index (χ1) is 8.29. The van der Waals surface area contributed by atoms with E-state index in [9.17, 15) is 4.79 Å². The summed E-state index contributed by atoms with van der Waals surface area (Å²) in [5.41, 5.74) is 0. The normalized spacial score (nSPS) is 22.2. The van der Waals surface area contributed by atoms with Crippen molar-refractivity contribution in [2.24, 2.45) is 4.99 Å². The lowest BCUT2D eigenvalue weighted by Crippen LogP contribution is -2.39. The first-order valence-corrected chi connectivity index (χ1v) is 7.18. The Hall–Kier alpha value is -0.750. The van der Waals surface area contributed by atoms with Crippen molar-refractivity contribution in [2.75, 3.05) is 32.6 Å². The molecule has 0 aromatic carbocycles. The number of aliphatic imine (C=N–C) groups is 1. The molecule has 2 rings (SSSR count). The molecule has 1 heterocycles. The van der Waals surface area contributed by atoms with Gasteiger partial charge in [0.25, 0.3) is 0 Å². The number of hydrogen-bond acceptors (Lipinski definition) is 4. The van der Waals surface area contributed by atoms with Crippen LogP contribution < -0.4 is 0 Å². The highest BCUT2D eigenvalue weighted by Crippen LogP contribution is 2.22. The third-order valence-corrected chi connectivity index (χ3v) is 3.69.